The van der Waals surface area contributed by atoms with Gasteiger partial charge in [-0.2, -0.15) is 0 Å². The van der Waals surface area contributed by atoms with Crippen molar-refractivity contribution in [3.63, 3.8) is 0 Å². The van der Waals surface area contributed by atoms with Crippen molar-refractivity contribution in [2.24, 2.45) is 5.73 Å². The van der Waals surface area contributed by atoms with Gasteiger partial charge >= 0.3 is 5.97 Å². The van der Waals surface area contributed by atoms with E-state index in [0.717, 1.165) is 0 Å². The number of anilines is 1. The van der Waals surface area contributed by atoms with E-state index in [1.807, 2.05) is 0 Å². The Morgan fingerprint density at radius 2 is 1.97 bits per heavy atom. The van der Waals surface area contributed by atoms with Gasteiger partial charge < -0.3 is 15.8 Å². The van der Waals surface area contributed by atoms with Gasteiger partial charge in [0.15, 0.2) is 11.5 Å². The number of carbonyl (C=O) groups excluding carboxylic acids is 2. The van der Waals surface area contributed by atoms with Crippen molar-refractivity contribution in [1.29, 1.82) is 0 Å². The van der Waals surface area contributed by atoms with Crippen LogP contribution < -0.4 is 11.1 Å². The molecule has 0 saturated carbocycles. The number of hydrogen-bond donors (Lipinski definition) is 2. The maximum absolute atomic E-state index is 14.6. The number of ether oxygens (including phenoxy) is 1. The van der Waals surface area contributed by atoms with Crippen molar-refractivity contribution >= 4 is 23.1 Å². The summed E-state index contributed by atoms with van der Waals surface area (Å²) in [7, 11) is 0. The van der Waals surface area contributed by atoms with Crippen molar-refractivity contribution in [3.05, 3.63) is 83.4 Å². The van der Waals surface area contributed by atoms with Gasteiger partial charge in [-0.1, -0.05) is 24.3 Å². The maximum Gasteiger partial charge on any atom is 0.310 e. The Hall–Kier alpha value is -4.11. The number of halogens is 1. The van der Waals surface area contributed by atoms with Crippen molar-refractivity contribution in [3.8, 4) is 11.4 Å². The topological polar surface area (TPSA) is 112 Å². The van der Waals surface area contributed by atoms with Gasteiger partial charge in [0.1, 0.15) is 5.82 Å². The minimum Gasteiger partial charge on any atom is -0.466 e. The van der Waals surface area contributed by atoms with Crippen LogP contribution in [0, 0.1) is 5.82 Å². The molecule has 1 amide bonds. The number of aromatic nitrogens is 3. The molecular weight excluding hydrogens is 425 g/mol. The molecule has 0 saturated heterocycles. The SMILES string of the molecule is CCOC(=O)Cc1ccccc1NC(=O)c1nc(-c2cc(CN)ccc2F)nn2cccc12. The highest BCUT2D eigenvalue weighted by Gasteiger charge is 2.20. The summed E-state index contributed by atoms with van der Waals surface area (Å²) in [5, 5.41) is 7.16. The number of rotatable bonds is 7. The maximum atomic E-state index is 14.6. The average Bonchev–Trinajstić information content (AvgIpc) is 3.29. The van der Waals surface area contributed by atoms with Gasteiger partial charge in [-0.05, 0) is 48.4 Å². The molecule has 4 rings (SSSR count). The highest BCUT2D eigenvalue weighted by atomic mass is 19.1. The molecule has 0 unspecified atom stereocenters. The highest BCUT2D eigenvalue weighted by molar-refractivity contribution is 6.08. The van der Waals surface area contributed by atoms with E-state index >= 15 is 0 Å². The summed E-state index contributed by atoms with van der Waals surface area (Å²) in [6, 6.07) is 14.8. The van der Waals surface area contributed by atoms with Crippen LogP contribution in [0.1, 0.15) is 28.5 Å². The smallest absolute Gasteiger partial charge is 0.310 e. The number of nitrogens with zero attached hydrogens (tertiary/aromatic N) is 3. The lowest BCUT2D eigenvalue weighted by Gasteiger charge is -2.12. The van der Waals surface area contributed by atoms with Gasteiger partial charge in [0.25, 0.3) is 5.91 Å². The van der Waals surface area contributed by atoms with Gasteiger partial charge in [-0.15, -0.1) is 5.10 Å². The summed E-state index contributed by atoms with van der Waals surface area (Å²) in [6.07, 6.45) is 1.66. The third-order valence-electron chi connectivity index (χ3n) is 5.02. The Morgan fingerprint density at radius 1 is 1.15 bits per heavy atom. The van der Waals surface area contributed by atoms with Gasteiger partial charge in [-0.3, -0.25) is 9.59 Å². The van der Waals surface area contributed by atoms with E-state index in [1.165, 1.54) is 10.6 Å². The molecule has 0 fully saturated rings. The second-order valence-electron chi connectivity index (χ2n) is 7.23. The Balaban J connectivity index is 1.72. The zero-order valence-corrected chi connectivity index (χ0v) is 17.9. The summed E-state index contributed by atoms with van der Waals surface area (Å²) in [4.78, 5) is 29.6. The Bertz CT molecular complexity index is 1330. The highest BCUT2D eigenvalue weighted by Crippen LogP contribution is 2.24. The number of nitrogens with two attached hydrogens (primary N) is 1. The second-order valence-corrected chi connectivity index (χ2v) is 7.23. The molecule has 4 aromatic rings. The molecule has 2 heterocycles. The number of nitrogens with one attached hydrogen (secondary N) is 1. The summed E-state index contributed by atoms with van der Waals surface area (Å²) < 4.78 is 21.0. The molecule has 3 N–H and O–H groups in total. The van der Waals surface area contributed by atoms with Crippen LogP contribution in [-0.4, -0.2) is 33.1 Å². The molecule has 0 bridgehead atoms. The number of benzene rings is 2. The minimum absolute atomic E-state index is 0.0109. The molecule has 0 aliphatic carbocycles. The molecule has 2 aromatic heterocycles. The van der Waals surface area contributed by atoms with Crippen LogP contribution in [0.3, 0.4) is 0 Å². The number of hydrogen-bond acceptors (Lipinski definition) is 6. The van der Waals surface area contributed by atoms with Crippen LogP contribution >= 0.6 is 0 Å². The average molecular weight is 447 g/mol. The molecule has 168 valence electrons. The first-order valence-electron chi connectivity index (χ1n) is 10.4. The zero-order chi connectivity index (χ0) is 23.4. The first-order valence-corrected chi connectivity index (χ1v) is 10.4. The molecule has 0 aliphatic heterocycles. The fourth-order valence-electron chi connectivity index (χ4n) is 3.43. The number of para-hydroxylation sites is 1. The standard InChI is InChI=1S/C24H22FN5O3/c1-2-33-21(31)13-16-6-3-4-7-19(16)27-24(32)22-20-8-5-11-30(20)29-23(28-22)17-12-15(14-26)9-10-18(17)25/h3-12H,2,13-14,26H2,1H3,(H,27,32). The molecule has 9 heteroatoms. The first-order chi connectivity index (χ1) is 16.0. The van der Waals surface area contributed by atoms with Gasteiger partial charge in [0.2, 0.25) is 0 Å². The van der Waals surface area contributed by atoms with Crippen LogP contribution in [0.5, 0.6) is 0 Å². The van der Waals surface area contributed by atoms with Crippen LogP contribution in [0.25, 0.3) is 16.9 Å². The van der Waals surface area contributed by atoms with E-state index in [0.29, 0.717) is 22.3 Å². The first kappa shape index (κ1) is 22.1. The van der Waals surface area contributed by atoms with Crippen molar-refractivity contribution in [2.45, 2.75) is 19.9 Å². The summed E-state index contributed by atoms with van der Waals surface area (Å²) >= 11 is 0. The Labute approximate surface area is 189 Å². The monoisotopic (exact) mass is 447 g/mol. The number of esters is 1. The lowest BCUT2D eigenvalue weighted by Crippen LogP contribution is -2.18. The van der Waals surface area contributed by atoms with Crippen LogP contribution in [-0.2, 0) is 22.5 Å². The quantitative estimate of drug-likeness (QED) is 0.420. The molecule has 0 spiro atoms. The molecular formula is C24H22FN5O3. The largest absolute Gasteiger partial charge is 0.466 e. The predicted molar refractivity (Wildman–Crippen MR) is 121 cm³/mol. The van der Waals surface area contributed by atoms with Gasteiger partial charge in [-0.25, -0.2) is 13.9 Å². The summed E-state index contributed by atoms with van der Waals surface area (Å²) in [5.41, 5.74) is 8.12. The van der Waals surface area contributed by atoms with E-state index in [4.69, 9.17) is 10.5 Å². The van der Waals surface area contributed by atoms with E-state index < -0.39 is 17.7 Å². The van der Waals surface area contributed by atoms with E-state index in [9.17, 15) is 14.0 Å². The number of carbonyl (C=O) groups is 2. The normalized spacial score (nSPS) is 10.9. The van der Waals surface area contributed by atoms with Crippen LogP contribution in [0.15, 0.2) is 60.8 Å². The summed E-state index contributed by atoms with van der Waals surface area (Å²) in [6.45, 7) is 2.22. The van der Waals surface area contributed by atoms with E-state index in [2.05, 4.69) is 15.4 Å². The minimum atomic E-state index is -0.523. The van der Waals surface area contributed by atoms with Gasteiger partial charge in [0.05, 0.1) is 24.1 Å². The molecule has 33 heavy (non-hydrogen) atoms. The van der Waals surface area contributed by atoms with Crippen molar-refractivity contribution in [2.75, 3.05) is 11.9 Å². The van der Waals surface area contributed by atoms with Crippen molar-refractivity contribution < 1.29 is 18.7 Å². The summed E-state index contributed by atoms with van der Waals surface area (Å²) in [5.74, 6) is -1.39. The lowest BCUT2D eigenvalue weighted by atomic mass is 10.1. The molecule has 0 radical (unpaired) electrons. The molecule has 0 atom stereocenters. The molecule has 2 aromatic carbocycles. The Kier molecular flexibility index (Phi) is 6.41. The third-order valence-corrected chi connectivity index (χ3v) is 5.02. The fourth-order valence-corrected chi connectivity index (χ4v) is 3.43. The molecule has 8 nitrogen and oxygen atoms in total. The Morgan fingerprint density at radius 3 is 2.76 bits per heavy atom. The lowest BCUT2D eigenvalue weighted by molar-refractivity contribution is -0.142. The second kappa shape index (κ2) is 9.58. The third kappa shape index (κ3) is 4.73. The van der Waals surface area contributed by atoms with E-state index in [1.54, 1.807) is 61.7 Å². The van der Waals surface area contributed by atoms with Gasteiger partial charge in [0, 0.05) is 18.4 Å². The van der Waals surface area contributed by atoms with E-state index in [-0.39, 0.29) is 36.7 Å². The van der Waals surface area contributed by atoms with Crippen LogP contribution in [0.4, 0.5) is 10.1 Å². The molecule has 0 aliphatic rings. The van der Waals surface area contributed by atoms with Crippen molar-refractivity contribution in [1.82, 2.24) is 14.6 Å². The van der Waals surface area contributed by atoms with Crippen LogP contribution in [0.2, 0.25) is 0 Å². The number of amides is 1. The zero-order valence-electron chi connectivity index (χ0n) is 17.9. The number of fused-ring (bicyclic) bond motifs is 1. The predicted octanol–water partition coefficient (Wildman–Crippen LogP) is 3.35. The fraction of sp³-hybridized carbons (Fsp3) is 0.167.